The Balaban J connectivity index is 1.97. The van der Waals surface area contributed by atoms with E-state index in [4.69, 9.17) is 34.3 Å². The average Bonchev–Trinajstić information content (AvgIpc) is 2.21. The van der Waals surface area contributed by atoms with Gasteiger partial charge in [-0.3, -0.25) is 0 Å². The van der Waals surface area contributed by atoms with E-state index in [9.17, 15) is 0 Å². The predicted molar refractivity (Wildman–Crippen MR) is 74.8 cm³/mol. The fraction of sp³-hybridized carbons (Fsp3) is 0.462. The van der Waals surface area contributed by atoms with Gasteiger partial charge in [-0.25, -0.2) is 0 Å². The molecule has 92 valence electrons. The summed E-state index contributed by atoms with van der Waals surface area (Å²) >= 11 is 10.9. The van der Waals surface area contributed by atoms with Gasteiger partial charge in [0.2, 0.25) is 0 Å². The fourth-order valence-corrected chi connectivity index (χ4v) is 2.27. The molecular formula is C13H16ClNOS. The van der Waals surface area contributed by atoms with Gasteiger partial charge in [0.15, 0.2) is 0 Å². The second kappa shape index (κ2) is 5.69. The maximum absolute atomic E-state index is 5.94. The van der Waals surface area contributed by atoms with Crippen LogP contribution in [0, 0.1) is 5.92 Å². The van der Waals surface area contributed by atoms with Crippen molar-refractivity contribution in [2.75, 3.05) is 6.61 Å². The lowest BCUT2D eigenvalue weighted by molar-refractivity contribution is 0.222. The summed E-state index contributed by atoms with van der Waals surface area (Å²) < 4.78 is 5.73. The number of ether oxygens (including phenoxy) is 1. The zero-order chi connectivity index (χ0) is 12.3. The van der Waals surface area contributed by atoms with Crippen LogP contribution in [0.1, 0.15) is 31.2 Å². The van der Waals surface area contributed by atoms with Gasteiger partial charge >= 0.3 is 0 Å². The highest BCUT2D eigenvalue weighted by Crippen LogP contribution is 2.30. The van der Waals surface area contributed by atoms with E-state index in [-0.39, 0.29) is 0 Å². The van der Waals surface area contributed by atoms with E-state index in [0.717, 1.165) is 17.9 Å². The molecule has 0 aliphatic heterocycles. The third kappa shape index (κ3) is 3.33. The molecule has 0 saturated heterocycles. The summed E-state index contributed by atoms with van der Waals surface area (Å²) in [6.07, 6.45) is 5.13. The van der Waals surface area contributed by atoms with Crippen molar-refractivity contribution < 1.29 is 4.74 Å². The van der Waals surface area contributed by atoms with Crippen LogP contribution in [0.3, 0.4) is 0 Å². The first-order chi connectivity index (χ1) is 8.16. The molecule has 1 aliphatic carbocycles. The van der Waals surface area contributed by atoms with Gasteiger partial charge in [-0.05, 0) is 30.5 Å². The third-order valence-corrected chi connectivity index (χ3v) is 3.67. The molecule has 17 heavy (non-hydrogen) atoms. The van der Waals surface area contributed by atoms with Gasteiger partial charge in [0.25, 0.3) is 0 Å². The molecule has 0 heterocycles. The number of hydrogen-bond donors (Lipinski definition) is 1. The van der Waals surface area contributed by atoms with Gasteiger partial charge in [-0.1, -0.05) is 43.1 Å². The van der Waals surface area contributed by atoms with Gasteiger partial charge in [-0.2, -0.15) is 0 Å². The molecule has 0 spiro atoms. The quantitative estimate of drug-likeness (QED) is 0.831. The van der Waals surface area contributed by atoms with E-state index in [1.54, 1.807) is 12.1 Å². The standard InChI is InChI=1S/C13H16ClNOS/c14-10-4-5-11(13(15)17)12(8-10)16-7-6-9-2-1-3-9/h4-5,8-9H,1-3,6-7H2,(H2,15,17). The first-order valence-corrected chi connectivity index (χ1v) is 6.67. The van der Waals surface area contributed by atoms with Crippen LogP contribution in [0.15, 0.2) is 18.2 Å². The van der Waals surface area contributed by atoms with Crippen molar-refractivity contribution in [1.82, 2.24) is 0 Å². The summed E-state index contributed by atoms with van der Waals surface area (Å²) in [6.45, 7) is 0.709. The highest BCUT2D eigenvalue weighted by atomic mass is 35.5. The van der Waals surface area contributed by atoms with Crippen molar-refractivity contribution in [2.45, 2.75) is 25.7 Å². The van der Waals surface area contributed by atoms with Crippen LogP contribution >= 0.6 is 23.8 Å². The van der Waals surface area contributed by atoms with E-state index >= 15 is 0 Å². The Hall–Kier alpha value is -0.800. The number of nitrogens with two attached hydrogens (primary N) is 1. The van der Waals surface area contributed by atoms with Crippen LogP contribution in [0.25, 0.3) is 0 Å². The summed E-state index contributed by atoms with van der Waals surface area (Å²) in [6, 6.07) is 5.36. The topological polar surface area (TPSA) is 35.2 Å². The molecule has 1 aromatic carbocycles. The lowest BCUT2D eigenvalue weighted by atomic mass is 9.83. The van der Waals surface area contributed by atoms with E-state index in [1.165, 1.54) is 19.3 Å². The maximum atomic E-state index is 5.94. The molecule has 0 bridgehead atoms. The molecule has 4 heteroatoms. The molecule has 0 aromatic heterocycles. The minimum Gasteiger partial charge on any atom is -0.493 e. The van der Waals surface area contributed by atoms with Crippen LogP contribution in [0.2, 0.25) is 5.02 Å². The lowest BCUT2D eigenvalue weighted by Crippen LogP contribution is -2.16. The lowest BCUT2D eigenvalue weighted by Gasteiger charge is -2.25. The molecule has 0 atom stereocenters. The zero-order valence-electron chi connectivity index (χ0n) is 9.62. The second-order valence-electron chi connectivity index (χ2n) is 4.44. The molecule has 1 fully saturated rings. The first kappa shape index (κ1) is 12.7. The molecule has 2 rings (SSSR count). The monoisotopic (exact) mass is 269 g/mol. The van der Waals surface area contributed by atoms with Crippen LogP contribution in [0.4, 0.5) is 0 Å². The summed E-state index contributed by atoms with van der Waals surface area (Å²) in [4.78, 5) is 0.348. The van der Waals surface area contributed by atoms with E-state index < -0.39 is 0 Å². The Labute approximate surface area is 112 Å². The average molecular weight is 270 g/mol. The molecule has 0 radical (unpaired) electrons. The van der Waals surface area contributed by atoms with Crippen molar-refractivity contribution in [2.24, 2.45) is 11.7 Å². The summed E-state index contributed by atoms with van der Waals surface area (Å²) in [5, 5.41) is 0.642. The molecular weight excluding hydrogens is 254 g/mol. The van der Waals surface area contributed by atoms with Crippen LogP contribution in [-0.4, -0.2) is 11.6 Å². The Morgan fingerprint density at radius 1 is 1.47 bits per heavy atom. The SMILES string of the molecule is NC(=S)c1ccc(Cl)cc1OCCC1CCC1. The third-order valence-electron chi connectivity index (χ3n) is 3.22. The van der Waals surface area contributed by atoms with E-state index in [2.05, 4.69) is 0 Å². The predicted octanol–water partition coefficient (Wildman–Crippen LogP) is 3.54. The Bertz CT molecular complexity index is 418. The van der Waals surface area contributed by atoms with Crippen molar-refractivity contribution in [3.63, 3.8) is 0 Å². The molecule has 0 unspecified atom stereocenters. The maximum Gasteiger partial charge on any atom is 0.130 e. The smallest absolute Gasteiger partial charge is 0.130 e. The number of hydrogen-bond acceptors (Lipinski definition) is 2. The van der Waals surface area contributed by atoms with Gasteiger partial charge in [-0.15, -0.1) is 0 Å². The number of thiocarbonyl (C=S) groups is 1. The Morgan fingerprint density at radius 3 is 2.82 bits per heavy atom. The fourth-order valence-electron chi connectivity index (χ4n) is 1.94. The Morgan fingerprint density at radius 2 is 2.24 bits per heavy atom. The van der Waals surface area contributed by atoms with E-state index in [0.29, 0.717) is 22.4 Å². The summed E-state index contributed by atoms with van der Waals surface area (Å²) in [7, 11) is 0. The van der Waals surface area contributed by atoms with Crippen LogP contribution in [-0.2, 0) is 0 Å². The molecule has 1 aromatic rings. The van der Waals surface area contributed by atoms with Crippen molar-refractivity contribution in [3.8, 4) is 5.75 Å². The number of rotatable bonds is 5. The van der Waals surface area contributed by atoms with Crippen LogP contribution < -0.4 is 10.5 Å². The summed E-state index contributed by atoms with van der Waals surface area (Å²) in [5.41, 5.74) is 6.40. The number of benzene rings is 1. The minimum absolute atomic E-state index is 0.348. The Kier molecular flexibility index (Phi) is 4.24. The van der Waals surface area contributed by atoms with Crippen molar-refractivity contribution in [3.05, 3.63) is 28.8 Å². The molecule has 2 N–H and O–H groups in total. The van der Waals surface area contributed by atoms with Gasteiger partial charge in [0.05, 0.1) is 12.2 Å². The van der Waals surface area contributed by atoms with Gasteiger partial charge in [0, 0.05) is 5.02 Å². The number of halogens is 1. The normalized spacial score (nSPS) is 15.4. The van der Waals surface area contributed by atoms with Crippen molar-refractivity contribution >= 4 is 28.8 Å². The molecule has 2 nitrogen and oxygen atoms in total. The largest absolute Gasteiger partial charge is 0.493 e. The minimum atomic E-state index is 0.348. The van der Waals surface area contributed by atoms with E-state index in [1.807, 2.05) is 6.07 Å². The second-order valence-corrected chi connectivity index (χ2v) is 5.32. The molecule has 1 saturated carbocycles. The highest BCUT2D eigenvalue weighted by Gasteiger charge is 2.17. The molecule has 0 amide bonds. The zero-order valence-corrected chi connectivity index (χ0v) is 11.2. The first-order valence-electron chi connectivity index (χ1n) is 5.89. The van der Waals surface area contributed by atoms with Gasteiger partial charge < -0.3 is 10.5 Å². The van der Waals surface area contributed by atoms with Gasteiger partial charge in [0.1, 0.15) is 10.7 Å². The molecule has 1 aliphatic rings. The summed E-state index contributed by atoms with van der Waals surface area (Å²) in [5.74, 6) is 1.53. The van der Waals surface area contributed by atoms with Crippen LogP contribution in [0.5, 0.6) is 5.75 Å². The highest BCUT2D eigenvalue weighted by molar-refractivity contribution is 7.80. The van der Waals surface area contributed by atoms with Crippen molar-refractivity contribution in [1.29, 1.82) is 0 Å².